The largest absolute Gasteiger partial charge is 0.336 e. The standard InChI is InChI=1S/C13H18BrN3O2S.ClH/c1-9-7-15-5-6-17(9)12(18)8-16(2)13(19)10-3-4-11(14)20-10;/h3-4,9,15H,5-8H2,1-2H3;1H. The number of halogens is 2. The molecule has 0 bridgehead atoms. The van der Waals surface area contributed by atoms with E-state index in [2.05, 4.69) is 21.2 Å². The minimum absolute atomic E-state index is 0. The van der Waals surface area contributed by atoms with E-state index in [1.54, 1.807) is 13.1 Å². The summed E-state index contributed by atoms with van der Waals surface area (Å²) in [7, 11) is 1.67. The van der Waals surface area contributed by atoms with Crippen molar-refractivity contribution in [2.75, 3.05) is 33.2 Å². The molecule has 0 aliphatic carbocycles. The van der Waals surface area contributed by atoms with Gasteiger partial charge in [-0.2, -0.15) is 0 Å². The van der Waals surface area contributed by atoms with E-state index in [0.29, 0.717) is 11.4 Å². The first-order chi connectivity index (χ1) is 9.49. The van der Waals surface area contributed by atoms with Crippen molar-refractivity contribution >= 4 is 51.5 Å². The van der Waals surface area contributed by atoms with Gasteiger partial charge in [0.2, 0.25) is 5.91 Å². The predicted molar refractivity (Wildman–Crippen MR) is 90.3 cm³/mol. The topological polar surface area (TPSA) is 52.7 Å². The molecule has 1 aliphatic rings. The Kier molecular flexibility index (Phi) is 7.12. The van der Waals surface area contributed by atoms with Crippen LogP contribution in [0.1, 0.15) is 16.6 Å². The van der Waals surface area contributed by atoms with Gasteiger partial charge in [-0.25, -0.2) is 0 Å². The summed E-state index contributed by atoms with van der Waals surface area (Å²) < 4.78 is 0.913. The Balaban J connectivity index is 0.00000220. The van der Waals surface area contributed by atoms with Crippen LogP contribution in [0, 0.1) is 0 Å². The molecule has 0 radical (unpaired) electrons. The molecule has 2 heterocycles. The molecule has 5 nitrogen and oxygen atoms in total. The van der Waals surface area contributed by atoms with Gasteiger partial charge < -0.3 is 15.1 Å². The second-order valence-electron chi connectivity index (χ2n) is 4.91. The van der Waals surface area contributed by atoms with Crippen molar-refractivity contribution < 1.29 is 9.59 Å². The Morgan fingerprint density at radius 2 is 2.24 bits per heavy atom. The van der Waals surface area contributed by atoms with Gasteiger partial charge in [-0.1, -0.05) is 0 Å². The molecular weight excluding hydrogens is 378 g/mol. The second kappa shape index (κ2) is 8.12. The molecule has 118 valence electrons. The van der Waals surface area contributed by atoms with Gasteiger partial charge in [0.25, 0.3) is 5.91 Å². The van der Waals surface area contributed by atoms with Crippen molar-refractivity contribution in [1.82, 2.24) is 15.1 Å². The fraction of sp³-hybridized carbons (Fsp3) is 0.538. The normalized spacial score (nSPS) is 18.0. The number of carbonyl (C=O) groups is 2. The summed E-state index contributed by atoms with van der Waals surface area (Å²) in [6, 6.07) is 3.79. The molecule has 2 amide bonds. The molecule has 1 saturated heterocycles. The fourth-order valence-electron chi connectivity index (χ4n) is 2.19. The molecule has 1 N–H and O–H groups in total. The first-order valence-electron chi connectivity index (χ1n) is 6.50. The van der Waals surface area contributed by atoms with Gasteiger partial charge in [0.1, 0.15) is 0 Å². The zero-order valence-electron chi connectivity index (χ0n) is 12.0. The smallest absolute Gasteiger partial charge is 0.264 e. The van der Waals surface area contributed by atoms with Crippen LogP contribution in [0.2, 0.25) is 0 Å². The number of hydrogen-bond acceptors (Lipinski definition) is 4. The first-order valence-corrected chi connectivity index (χ1v) is 8.11. The van der Waals surface area contributed by atoms with E-state index < -0.39 is 0 Å². The van der Waals surface area contributed by atoms with Crippen LogP contribution < -0.4 is 5.32 Å². The molecule has 21 heavy (non-hydrogen) atoms. The highest BCUT2D eigenvalue weighted by Gasteiger charge is 2.25. The molecule has 0 saturated carbocycles. The monoisotopic (exact) mass is 395 g/mol. The highest BCUT2D eigenvalue weighted by molar-refractivity contribution is 9.11. The van der Waals surface area contributed by atoms with Crippen LogP contribution >= 0.6 is 39.7 Å². The fourth-order valence-corrected chi connectivity index (χ4v) is 3.58. The van der Waals surface area contributed by atoms with Crippen LogP contribution in [0.5, 0.6) is 0 Å². The van der Waals surface area contributed by atoms with E-state index >= 15 is 0 Å². The van der Waals surface area contributed by atoms with E-state index in [4.69, 9.17) is 0 Å². The predicted octanol–water partition coefficient (Wildman–Crippen LogP) is 1.82. The van der Waals surface area contributed by atoms with Gasteiger partial charge in [0, 0.05) is 32.7 Å². The quantitative estimate of drug-likeness (QED) is 0.848. The Hall–Kier alpha value is -0.630. The molecular formula is C13H19BrClN3O2S. The number of nitrogens with zero attached hydrogens (tertiary/aromatic N) is 2. The molecule has 1 fully saturated rings. The van der Waals surface area contributed by atoms with Gasteiger partial charge in [-0.3, -0.25) is 9.59 Å². The van der Waals surface area contributed by atoms with Crippen molar-refractivity contribution in [3.8, 4) is 0 Å². The zero-order chi connectivity index (χ0) is 14.7. The molecule has 2 rings (SSSR count). The maximum absolute atomic E-state index is 12.3. The lowest BCUT2D eigenvalue weighted by Crippen LogP contribution is -2.54. The summed E-state index contributed by atoms with van der Waals surface area (Å²) in [5.41, 5.74) is 0. The van der Waals surface area contributed by atoms with E-state index in [0.717, 1.165) is 16.9 Å². The molecule has 1 aromatic heterocycles. The number of rotatable bonds is 3. The van der Waals surface area contributed by atoms with Crippen LogP contribution in [-0.4, -0.2) is 60.9 Å². The third kappa shape index (κ3) is 4.67. The number of nitrogens with one attached hydrogen (secondary N) is 1. The molecule has 0 aromatic carbocycles. The summed E-state index contributed by atoms with van der Waals surface area (Å²) in [6.45, 7) is 4.46. The third-order valence-electron chi connectivity index (χ3n) is 3.32. The highest BCUT2D eigenvalue weighted by atomic mass is 79.9. The third-order valence-corrected chi connectivity index (χ3v) is 4.94. The van der Waals surface area contributed by atoms with Gasteiger partial charge in [-0.15, -0.1) is 23.7 Å². The van der Waals surface area contributed by atoms with Crippen molar-refractivity contribution in [3.05, 3.63) is 20.8 Å². The minimum atomic E-state index is -0.114. The number of piperazine rings is 1. The Labute approximate surface area is 143 Å². The van der Waals surface area contributed by atoms with Crippen molar-refractivity contribution in [2.45, 2.75) is 13.0 Å². The Morgan fingerprint density at radius 1 is 1.52 bits per heavy atom. The lowest BCUT2D eigenvalue weighted by molar-refractivity contribution is -0.134. The van der Waals surface area contributed by atoms with Crippen molar-refractivity contribution in [3.63, 3.8) is 0 Å². The highest BCUT2D eigenvalue weighted by Crippen LogP contribution is 2.23. The lowest BCUT2D eigenvalue weighted by atomic mass is 10.2. The SMILES string of the molecule is CC1CNCCN1C(=O)CN(C)C(=O)c1ccc(Br)s1.Cl. The molecule has 8 heteroatoms. The number of likely N-dealkylation sites (N-methyl/N-ethyl adjacent to an activating group) is 1. The Bertz CT molecular complexity index is 511. The summed E-state index contributed by atoms with van der Waals surface area (Å²) in [4.78, 5) is 28.4. The van der Waals surface area contributed by atoms with E-state index in [9.17, 15) is 9.59 Å². The van der Waals surface area contributed by atoms with Crippen LogP contribution in [0.15, 0.2) is 15.9 Å². The van der Waals surface area contributed by atoms with Gasteiger partial charge in [-0.05, 0) is 35.0 Å². The van der Waals surface area contributed by atoms with E-state index in [-0.39, 0.29) is 36.8 Å². The lowest BCUT2D eigenvalue weighted by Gasteiger charge is -2.35. The number of hydrogen-bond donors (Lipinski definition) is 1. The maximum Gasteiger partial charge on any atom is 0.264 e. The average molecular weight is 397 g/mol. The van der Waals surface area contributed by atoms with Crippen LogP contribution in [-0.2, 0) is 4.79 Å². The van der Waals surface area contributed by atoms with Crippen molar-refractivity contribution in [1.29, 1.82) is 0 Å². The second-order valence-corrected chi connectivity index (χ2v) is 7.37. The summed E-state index contributed by atoms with van der Waals surface area (Å²) in [5.74, 6) is -0.109. The van der Waals surface area contributed by atoms with Crippen LogP contribution in [0.25, 0.3) is 0 Å². The number of thiophene rings is 1. The molecule has 0 spiro atoms. The average Bonchev–Trinajstić information content (AvgIpc) is 2.84. The van der Waals surface area contributed by atoms with Crippen molar-refractivity contribution in [2.24, 2.45) is 0 Å². The van der Waals surface area contributed by atoms with E-state index in [1.807, 2.05) is 17.9 Å². The first kappa shape index (κ1) is 18.4. The minimum Gasteiger partial charge on any atom is -0.336 e. The van der Waals surface area contributed by atoms with Crippen LogP contribution in [0.3, 0.4) is 0 Å². The zero-order valence-corrected chi connectivity index (χ0v) is 15.2. The molecule has 1 unspecified atom stereocenters. The summed E-state index contributed by atoms with van der Waals surface area (Å²) >= 11 is 4.71. The molecule has 1 atom stereocenters. The molecule has 1 aromatic rings. The van der Waals surface area contributed by atoms with Gasteiger partial charge in [0.15, 0.2) is 0 Å². The van der Waals surface area contributed by atoms with Gasteiger partial charge in [0.05, 0.1) is 15.2 Å². The number of carbonyl (C=O) groups excluding carboxylic acids is 2. The van der Waals surface area contributed by atoms with E-state index in [1.165, 1.54) is 16.2 Å². The maximum atomic E-state index is 12.3. The number of amides is 2. The van der Waals surface area contributed by atoms with Crippen LogP contribution in [0.4, 0.5) is 0 Å². The summed E-state index contributed by atoms with van der Waals surface area (Å²) in [6.07, 6.45) is 0. The molecule has 1 aliphatic heterocycles. The van der Waals surface area contributed by atoms with Gasteiger partial charge >= 0.3 is 0 Å². The Morgan fingerprint density at radius 3 is 2.81 bits per heavy atom. The summed E-state index contributed by atoms with van der Waals surface area (Å²) in [5, 5.41) is 3.25.